The largest absolute Gasteiger partial charge is 0.479 e. The summed E-state index contributed by atoms with van der Waals surface area (Å²) in [7, 11) is -3.48. The maximum atomic E-state index is 12.5. The van der Waals surface area contributed by atoms with E-state index >= 15 is 0 Å². The molecule has 0 unspecified atom stereocenters. The molecule has 1 aliphatic heterocycles. The minimum absolute atomic E-state index is 0.0237. The van der Waals surface area contributed by atoms with Crippen LogP contribution in [-0.4, -0.2) is 62.4 Å². The molecule has 22 heavy (non-hydrogen) atoms. The van der Waals surface area contributed by atoms with Crippen LogP contribution in [0.3, 0.4) is 0 Å². The van der Waals surface area contributed by atoms with Gasteiger partial charge >= 0.3 is 5.97 Å². The minimum Gasteiger partial charge on any atom is -0.479 e. The fourth-order valence-corrected chi connectivity index (χ4v) is 2.90. The molecule has 1 fully saturated rings. The van der Waals surface area contributed by atoms with Gasteiger partial charge in [-0.15, -0.1) is 0 Å². The molecular formula is C13H14ClNO6S. The molecule has 7 nitrogen and oxygen atoms in total. The average molecular weight is 348 g/mol. The van der Waals surface area contributed by atoms with Gasteiger partial charge in [-0.1, -0.05) is 11.6 Å². The highest BCUT2D eigenvalue weighted by atomic mass is 35.5. The number of carboxylic acids is 1. The second-order valence-corrected chi connectivity index (χ2v) is 7.29. The Bertz CT molecular complexity index is 717. The summed E-state index contributed by atoms with van der Waals surface area (Å²) in [5.74, 6) is -1.68. The number of sulfone groups is 1. The van der Waals surface area contributed by atoms with Gasteiger partial charge in [0.05, 0.1) is 28.6 Å². The van der Waals surface area contributed by atoms with Crippen LogP contribution in [0.25, 0.3) is 0 Å². The van der Waals surface area contributed by atoms with Crippen LogP contribution in [0.4, 0.5) is 0 Å². The lowest BCUT2D eigenvalue weighted by Gasteiger charge is -2.31. The Balaban J connectivity index is 2.31. The van der Waals surface area contributed by atoms with Gasteiger partial charge in [0, 0.05) is 12.8 Å². The van der Waals surface area contributed by atoms with E-state index in [0.29, 0.717) is 0 Å². The second-order valence-electron chi connectivity index (χ2n) is 4.86. The topological polar surface area (TPSA) is 101 Å². The highest BCUT2D eigenvalue weighted by molar-refractivity contribution is 7.90. The Kier molecular flexibility index (Phi) is 4.74. The van der Waals surface area contributed by atoms with Crippen LogP contribution >= 0.6 is 11.6 Å². The first-order chi connectivity index (χ1) is 10.2. The van der Waals surface area contributed by atoms with Crippen molar-refractivity contribution in [2.45, 2.75) is 11.0 Å². The predicted octanol–water partition coefficient (Wildman–Crippen LogP) is 0.669. The summed E-state index contributed by atoms with van der Waals surface area (Å²) in [5.41, 5.74) is 0.0237. The van der Waals surface area contributed by atoms with E-state index in [4.69, 9.17) is 21.4 Å². The van der Waals surface area contributed by atoms with E-state index in [2.05, 4.69) is 0 Å². The number of halogens is 1. The summed E-state index contributed by atoms with van der Waals surface area (Å²) in [5, 5.41) is 9.05. The van der Waals surface area contributed by atoms with Gasteiger partial charge in [0.15, 0.2) is 15.9 Å². The number of aliphatic carboxylic acids is 1. The number of nitrogens with zero attached hydrogens (tertiary/aromatic N) is 1. The van der Waals surface area contributed by atoms with Gasteiger partial charge in [-0.3, -0.25) is 4.79 Å². The summed E-state index contributed by atoms with van der Waals surface area (Å²) in [6.45, 7) is 0.182. The molecule has 2 rings (SSSR count). The molecule has 0 saturated carbocycles. The van der Waals surface area contributed by atoms with E-state index < -0.39 is 27.8 Å². The Labute approximate surface area is 132 Å². The summed E-state index contributed by atoms with van der Waals surface area (Å²) in [4.78, 5) is 24.7. The van der Waals surface area contributed by atoms with Gasteiger partial charge in [-0.25, -0.2) is 13.2 Å². The number of ether oxygens (including phenoxy) is 1. The van der Waals surface area contributed by atoms with Crippen molar-refractivity contribution in [3.63, 3.8) is 0 Å². The number of carbonyl (C=O) groups is 2. The zero-order chi connectivity index (χ0) is 16.5. The summed E-state index contributed by atoms with van der Waals surface area (Å²) < 4.78 is 28.2. The lowest BCUT2D eigenvalue weighted by Crippen LogP contribution is -2.48. The van der Waals surface area contributed by atoms with E-state index in [1.165, 1.54) is 23.1 Å². The van der Waals surface area contributed by atoms with E-state index in [-0.39, 0.29) is 35.2 Å². The standard InChI is InChI=1S/C13H14ClNO6S/c1-22(19,20)8-2-3-10(14)9(6-8)12(16)15-4-5-21-11(7-15)13(17)18/h2-3,6,11H,4-5,7H2,1H3,(H,17,18)/t11-/m1/s1. The second kappa shape index (κ2) is 6.23. The summed E-state index contributed by atoms with van der Waals surface area (Å²) in [6, 6.07) is 3.85. The lowest BCUT2D eigenvalue weighted by molar-refractivity contribution is -0.154. The van der Waals surface area contributed by atoms with Gasteiger partial charge in [-0.05, 0) is 18.2 Å². The number of benzene rings is 1. The van der Waals surface area contributed by atoms with Crippen LogP contribution in [0.5, 0.6) is 0 Å². The van der Waals surface area contributed by atoms with E-state index in [0.717, 1.165) is 6.26 Å². The van der Waals surface area contributed by atoms with Crippen LogP contribution in [0, 0.1) is 0 Å². The van der Waals surface area contributed by atoms with Crippen molar-refractivity contribution in [3.05, 3.63) is 28.8 Å². The minimum atomic E-state index is -3.48. The molecule has 1 amide bonds. The Morgan fingerprint density at radius 3 is 2.68 bits per heavy atom. The van der Waals surface area contributed by atoms with Crippen molar-refractivity contribution < 1.29 is 27.9 Å². The maximum Gasteiger partial charge on any atom is 0.334 e. The number of rotatable bonds is 3. The predicted molar refractivity (Wildman–Crippen MR) is 77.8 cm³/mol. The van der Waals surface area contributed by atoms with Gasteiger partial charge in [0.1, 0.15) is 0 Å². The molecule has 0 radical (unpaired) electrons. The molecule has 1 N–H and O–H groups in total. The number of amides is 1. The van der Waals surface area contributed by atoms with Gasteiger partial charge in [0.2, 0.25) is 0 Å². The number of morpholine rings is 1. The van der Waals surface area contributed by atoms with Crippen molar-refractivity contribution in [3.8, 4) is 0 Å². The molecule has 1 aromatic carbocycles. The number of carboxylic acid groups (broad SMARTS) is 1. The first kappa shape index (κ1) is 16.7. The number of hydrogen-bond acceptors (Lipinski definition) is 5. The molecule has 0 spiro atoms. The van der Waals surface area contributed by atoms with Crippen LogP contribution < -0.4 is 0 Å². The van der Waals surface area contributed by atoms with Crippen LogP contribution in [0.1, 0.15) is 10.4 Å². The van der Waals surface area contributed by atoms with E-state index in [9.17, 15) is 18.0 Å². The third kappa shape index (κ3) is 3.57. The first-order valence-corrected chi connectivity index (χ1v) is 8.60. The van der Waals surface area contributed by atoms with Gasteiger partial charge in [-0.2, -0.15) is 0 Å². The van der Waals surface area contributed by atoms with Crippen molar-refractivity contribution in [2.75, 3.05) is 26.0 Å². The average Bonchev–Trinajstić information content (AvgIpc) is 2.46. The SMILES string of the molecule is CS(=O)(=O)c1ccc(Cl)c(C(=O)N2CCO[C@@H](C(=O)O)C2)c1. The Hall–Kier alpha value is -1.64. The quantitative estimate of drug-likeness (QED) is 0.862. The van der Waals surface area contributed by atoms with E-state index in [1.807, 2.05) is 0 Å². The zero-order valence-corrected chi connectivity index (χ0v) is 13.2. The molecule has 1 atom stereocenters. The molecule has 1 aliphatic rings. The zero-order valence-electron chi connectivity index (χ0n) is 11.7. The number of carbonyl (C=O) groups excluding carboxylic acids is 1. The van der Waals surface area contributed by atoms with Crippen molar-refractivity contribution in [1.82, 2.24) is 4.90 Å². The van der Waals surface area contributed by atoms with Gasteiger partial charge in [0.25, 0.3) is 5.91 Å². The molecule has 120 valence electrons. The highest BCUT2D eigenvalue weighted by Gasteiger charge is 2.30. The van der Waals surface area contributed by atoms with Crippen molar-refractivity contribution in [1.29, 1.82) is 0 Å². The Morgan fingerprint density at radius 1 is 1.41 bits per heavy atom. The fraction of sp³-hybridized carbons (Fsp3) is 0.385. The van der Waals surface area contributed by atoms with Gasteiger partial charge < -0.3 is 14.7 Å². The molecule has 0 bridgehead atoms. The van der Waals surface area contributed by atoms with Crippen LogP contribution in [0.15, 0.2) is 23.1 Å². The molecule has 1 heterocycles. The first-order valence-electron chi connectivity index (χ1n) is 6.33. The van der Waals surface area contributed by atoms with Crippen LogP contribution in [0.2, 0.25) is 5.02 Å². The summed E-state index contributed by atoms with van der Waals surface area (Å²) in [6.07, 6.45) is -0.0748. The molecular weight excluding hydrogens is 334 g/mol. The molecule has 1 saturated heterocycles. The highest BCUT2D eigenvalue weighted by Crippen LogP contribution is 2.23. The lowest BCUT2D eigenvalue weighted by atomic mass is 10.1. The molecule has 1 aromatic rings. The van der Waals surface area contributed by atoms with Crippen LogP contribution in [-0.2, 0) is 19.4 Å². The third-order valence-electron chi connectivity index (χ3n) is 3.23. The van der Waals surface area contributed by atoms with E-state index in [1.54, 1.807) is 0 Å². The van der Waals surface area contributed by atoms with Crippen molar-refractivity contribution in [2.24, 2.45) is 0 Å². The molecule has 0 aliphatic carbocycles. The fourth-order valence-electron chi connectivity index (χ4n) is 2.05. The van der Waals surface area contributed by atoms with Crippen molar-refractivity contribution >= 4 is 33.3 Å². The number of hydrogen-bond donors (Lipinski definition) is 1. The smallest absolute Gasteiger partial charge is 0.334 e. The third-order valence-corrected chi connectivity index (χ3v) is 4.67. The summed E-state index contributed by atoms with van der Waals surface area (Å²) >= 11 is 5.97. The molecule has 9 heteroatoms. The normalized spacial score (nSPS) is 19.0. The monoisotopic (exact) mass is 347 g/mol. The Morgan fingerprint density at radius 2 is 2.09 bits per heavy atom. The maximum absolute atomic E-state index is 12.5. The molecule has 0 aromatic heterocycles.